The van der Waals surface area contributed by atoms with Crippen molar-refractivity contribution in [1.29, 1.82) is 0 Å². The van der Waals surface area contributed by atoms with E-state index in [2.05, 4.69) is 46.4 Å². The molecule has 1 saturated heterocycles. The lowest BCUT2D eigenvalue weighted by Crippen LogP contribution is -2.58. The summed E-state index contributed by atoms with van der Waals surface area (Å²) in [6.07, 6.45) is 2.64. The number of piperidine rings is 1. The topological polar surface area (TPSA) is 29.3 Å². The van der Waals surface area contributed by atoms with Crippen molar-refractivity contribution in [3.8, 4) is 0 Å². The van der Waals surface area contributed by atoms with Gasteiger partial charge in [-0.3, -0.25) is 4.90 Å². The highest BCUT2D eigenvalue weighted by atomic mass is 15.2. The molecule has 0 aromatic heterocycles. The molecule has 16 heavy (non-hydrogen) atoms. The van der Waals surface area contributed by atoms with Crippen molar-refractivity contribution in [3.05, 3.63) is 0 Å². The maximum Gasteiger partial charge on any atom is 0.0295 e. The average Bonchev–Trinajstić information content (AvgIpc) is 2.06. The van der Waals surface area contributed by atoms with Crippen molar-refractivity contribution in [2.75, 3.05) is 6.54 Å². The Morgan fingerprint density at radius 3 is 2.19 bits per heavy atom. The quantitative estimate of drug-likeness (QED) is 0.784. The molecule has 0 spiro atoms. The van der Waals surface area contributed by atoms with Crippen molar-refractivity contribution < 1.29 is 0 Å². The van der Waals surface area contributed by atoms with Crippen LogP contribution in [0.1, 0.15) is 54.4 Å². The van der Waals surface area contributed by atoms with Gasteiger partial charge >= 0.3 is 0 Å². The molecule has 0 bridgehead atoms. The molecule has 1 aliphatic rings. The summed E-state index contributed by atoms with van der Waals surface area (Å²) in [6, 6.07) is 1.42. The zero-order chi connectivity index (χ0) is 12.5. The Balaban J connectivity index is 2.79. The molecule has 2 heteroatoms. The van der Waals surface area contributed by atoms with Gasteiger partial charge in [0.1, 0.15) is 0 Å². The van der Waals surface area contributed by atoms with Gasteiger partial charge < -0.3 is 5.73 Å². The molecule has 0 saturated carbocycles. The molecule has 0 amide bonds. The van der Waals surface area contributed by atoms with E-state index in [0.717, 1.165) is 5.92 Å². The van der Waals surface area contributed by atoms with E-state index < -0.39 is 0 Å². The monoisotopic (exact) mass is 226 g/mol. The third-order valence-electron chi connectivity index (χ3n) is 3.93. The largest absolute Gasteiger partial charge is 0.327 e. The van der Waals surface area contributed by atoms with Gasteiger partial charge in [-0.25, -0.2) is 0 Å². The summed E-state index contributed by atoms with van der Waals surface area (Å²) in [4.78, 5) is 2.64. The van der Waals surface area contributed by atoms with Crippen LogP contribution < -0.4 is 5.73 Å². The predicted molar refractivity (Wildman–Crippen MR) is 71.5 cm³/mol. The SMILES string of the molecule is CC1CCN(C(C(C)N)C(C)(C)C)C(C)C1. The van der Waals surface area contributed by atoms with E-state index >= 15 is 0 Å². The fraction of sp³-hybridized carbons (Fsp3) is 1.00. The summed E-state index contributed by atoms with van der Waals surface area (Å²) in [5, 5.41) is 0. The molecule has 4 atom stereocenters. The Morgan fingerprint density at radius 1 is 1.25 bits per heavy atom. The summed E-state index contributed by atoms with van der Waals surface area (Å²) in [7, 11) is 0. The first-order valence-electron chi connectivity index (χ1n) is 6.74. The first-order chi connectivity index (χ1) is 7.23. The minimum atomic E-state index is 0.246. The summed E-state index contributed by atoms with van der Waals surface area (Å²) >= 11 is 0. The lowest BCUT2D eigenvalue weighted by Gasteiger charge is -2.48. The maximum atomic E-state index is 6.21. The van der Waals surface area contributed by atoms with E-state index in [1.54, 1.807) is 0 Å². The third kappa shape index (κ3) is 3.21. The summed E-state index contributed by atoms with van der Waals surface area (Å²) in [6.45, 7) is 15.0. The van der Waals surface area contributed by atoms with E-state index in [1.807, 2.05) is 0 Å². The molecule has 96 valence electrons. The van der Waals surface area contributed by atoms with Gasteiger partial charge in [0.2, 0.25) is 0 Å². The summed E-state index contributed by atoms with van der Waals surface area (Å²) in [5.74, 6) is 0.875. The van der Waals surface area contributed by atoms with Crippen LogP contribution in [0.15, 0.2) is 0 Å². The Hall–Kier alpha value is -0.0800. The normalized spacial score (nSPS) is 32.4. The fourth-order valence-corrected chi connectivity index (χ4v) is 3.43. The summed E-state index contributed by atoms with van der Waals surface area (Å²) < 4.78 is 0. The molecule has 1 heterocycles. The fourth-order valence-electron chi connectivity index (χ4n) is 3.43. The summed E-state index contributed by atoms with van der Waals surface area (Å²) in [5.41, 5.74) is 6.48. The minimum absolute atomic E-state index is 0.246. The van der Waals surface area contributed by atoms with Crippen LogP contribution in [0, 0.1) is 11.3 Å². The standard InChI is InChI=1S/C14H30N2/c1-10-7-8-16(11(2)9-10)13(12(3)15)14(4,5)6/h10-13H,7-9,15H2,1-6H3. The number of nitrogens with two attached hydrogens (primary N) is 1. The Labute approximate surface area is 102 Å². The van der Waals surface area contributed by atoms with Gasteiger partial charge in [0.15, 0.2) is 0 Å². The van der Waals surface area contributed by atoms with Crippen molar-refractivity contribution in [2.24, 2.45) is 17.1 Å². The molecule has 0 aliphatic carbocycles. The van der Waals surface area contributed by atoms with E-state index in [4.69, 9.17) is 5.73 Å². The number of hydrogen-bond donors (Lipinski definition) is 1. The highest BCUT2D eigenvalue weighted by Crippen LogP contribution is 2.32. The van der Waals surface area contributed by atoms with Crippen LogP contribution in [0.4, 0.5) is 0 Å². The third-order valence-corrected chi connectivity index (χ3v) is 3.93. The molecule has 1 rings (SSSR count). The highest BCUT2D eigenvalue weighted by Gasteiger charge is 2.37. The molecule has 2 N–H and O–H groups in total. The first-order valence-corrected chi connectivity index (χ1v) is 6.74. The molecular weight excluding hydrogens is 196 g/mol. The Kier molecular flexibility index (Phi) is 4.42. The van der Waals surface area contributed by atoms with Crippen LogP contribution in [0.3, 0.4) is 0 Å². The second-order valence-corrected chi connectivity index (χ2v) is 6.89. The lowest BCUT2D eigenvalue weighted by molar-refractivity contribution is 0.0156. The smallest absolute Gasteiger partial charge is 0.0295 e. The van der Waals surface area contributed by atoms with Crippen molar-refractivity contribution in [2.45, 2.75) is 72.5 Å². The predicted octanol–water partition coefficient (Wildman–Crippen LogP) is 2.87. The van der Waals surface area contributed by atoms with Crippen molar-refractivity contribution in [1.82, 2.24) is 4.90 Å². The number of hydrogen-bond acceptors (Lipinski definition) is 2. The van der Waals surface area contributed by atoms with Crippen LogP contribution in [-0.4, -0.2) is 29.6 Å². The molecule has 4 unspecified atom stereocenters. The average molecular weight is 226 g/mol. The van der Waals surface area contributed by atoms with Crippen molar-refractivity contribution >= 4 is 0 Å². The molecule has 1 aliphatic heterocycles. The molecule has 0 radical (unpaired) electrons. The second-order valence-electron chi connectivity index (χ2n) is 6.89. The van der Waals surface area contributed by atoms with Crippen LogP contribution >= 0.6 is 0 Å². The van der Waals surface area contributed by atoms with Crippen LogP contribution in [0.25, 0.3) is 0 Å². The van der Waals surface area contributed by atoms with Gasteiger partial charge in [-0.1, -0.05) is 27.7 Å². The van der Waals surface area contributed by atoms with Crippen molar-refractivity contribution in [3.63, 3.8) is 0 Å². The Morgan fingerprint density at radius 2 is 1.81 bits per heavy atom. The number of nitrogens with zero attached hydrogens (tertiary/aromatic N) is 1. The second kappa shape index (κ2) is 5.05. The van der Waals surface area contributed by atoms with Crippen LogP contribution in [0.5, 0.6) is 0 Å². The van der Waals surface area contributed by atoms with Crippen LogP contribution in [-0.2, 0) is 0 Å². The Bertz CT molecular complexity index is 217. The highest BCUT2D eigenvalue weighted by molar-refractivity contribution is 4.93. The molecule has 2 nitrogen and oxygen atoms in total. The molecular formula is C14H30N2. The zero-order valence-corrected chi connectivity index (χ0v) is 12.0. The van der Waals surface area contributed by atoms with Gasteiger partial charge in [-0.15, -0.1) is 0 Å². The van der Waals surface area contributed by atoms with E-state index in [1.165, 1.54) is 19.4 Å². The number of likely N-dealkylation sites (tertiary alicyclic amines) is 1. The van der Waals surface area contributed by atoms with E-state index in [9.17, 15) is 0 Å². The zero-order valence-electron chi connectivity index (χ0n) is 12.0. The van der Waals surface area contributed by atoms with E-state index in [-0.39, 0.29) is 11.5 Å². The van der Waals surface area contributed by atoms with Gasteiger partial charge in [0, 0.05) is 18.1 Å². The van der Waals surface area contributed by atoms with Gasteiger partial charge in [-0.2, -0.15) is 0 Å². The van der Waals surface area contributed by atoms with Gasteiger partial charge in [0.25, 0.3) is 0 Å². The maximum absolute atomic E-state index is 6.21. The lowest BCUT2D eigenvalue weighted by atomic mass is 9.79. The van der Waals surface area contributed by atoms with Gasteiger partial charge in [-0.05, 0) is 44.6 Å². The first kappa shape index (κ1) is 14.0. The van der Waals surface area contributed by atoms with Gasteiger partial charge in [0.05, 0.1) is 0 Å². The van der Waals surface area contributed by atoms with E-state index in [0.29, 0.717) is 12.1 Å². The van der Waals surface area contributed by atoms with Crippen LogP contribution in [0.2, 0.25) is 0 Å². The molecule has 0 aromatic rings. The minimum Gasteiger partial charge on any atom is -0.327 e. The number of rotatable bonds is 2. The molecule has 0 aromatic carbocycles. The molecule has 1 fully saturated rings.